The van der Waals surface area contributed by atoms with Gasteiger partial charge >= 0.3 is 18.3 Å². The number of piperidine rings is 1. The van der Waals surface area contributed by atoms with E-state index in [2.05, 4.69) is 9.97 Å². The van der Waals surface area contributed by atoms with E-state index >= 15 is 0 Å². The number of alkyl halides is 5. The molecule has 2 atom stereocenters. The van der Waals surface area contributed by atoms with Crippen molar-refractivity contribution in [2.75, 3.05) is 18.1 Å². The molecule has 1 aliphatic rings. The molecule has 1 aromatic carbocycles. The first-order chi connectivity index (χ1) is 15.0. The van der Waals surface area contributed by atoms with Crippen molar-refractivity contribution in [1.82, 2.24) is 9.97 Å². The Morgan fingerprint density at radius 1 is 1.12 bits per heavy atom. The van der Waals surface area contributed by atoms with Gasteiger partial charge in [-0.1, -0.05) is 19.1 Å². The summed E-state index contributed by atoms with van der Waals surface area (Å²) in [5, 5.41) is 9.03. The first-order valence-electron chi connectivity index (χ1n) is 10.0. The van der Waals surface area contributed by atoms with Crippen LogP contribution in [0.15, 0.2) is 36.7 Å². The van der Waals surface area contributed by atoms with Crippen molar-refractivity contribution in [1.29, 1.82) is 0 Å². The van der Waals surface area contributed by atoms with E-state index in [1.807, 2.05) is 0 Å². The summed E-state index contributed by atoms with van der Waals surface area (Å²) < 4.78 is 70.6. The van der Waals surface area contributed by atoms with Gasteiger partial charge in [0.25, 0.3) is 0 Å². The number of benzene rings is 1. The molecular weight excluding hydrogens is 437 g/mol. The molecule has 0 unspecified atom stereocenters. The number of halogens is 5. The highest BCUT2D eigenvalue weighted by atomic mass is 19.4. The van der Waals surface area contributed by atoms with E-state index in [9.17, 15) is 26.7 Å². The third-order valence-corrected chi connectivity index (χ3v) is 5.46. The maximum absolute atomic E-state index is 13.6. The standard InChI is InChI=1S/C21H22F5N3O3/c1-2-20(22,23)32-12-17-8-5-14(13-3-6-16(7-4-13)21(24,25)26)11-29(17)19-27-9-15(10-28-19)18(30)31/h3-4,6-7,9-10,14,17H,2,5,8,11-12H2,1H3,(H,30,31)/t14-,17-/m1/s1. The molecule has 3 rings (SSSR count). The number of ether oxygens (including phenoxy) is 1. The molecule has 32 heavy (non-hydrogen) atoms. The highest BCUT2D eigenvalue weighted by Gasteiger charge is 2.35. The zero-order chi connectivity index (χ0) is 23.5. The van der Waals surface area contributed by atoms with E-state index in [4.69, 9.17) is 9.84 Å². The van der Waals surface area contributed by atoms with Crippen LogP contribution in [-0.2, 0) is 10.9 Å². The highest BCUT2D eigenvalue weighted by molar-refractivity contribution is 5.86. The number of nitrogens with zero attached hydrogens (tertiary/aromatic N) is 3. The Bertz CT molecular complexity index is 920. The number of aromatic nitrogens is 2. The number of carboxylic acids is 1. The Labute approximate surface area is 181 Å². The zero-order valence-corrected chi connectivity index (χ0v) is 17.1. The summed E-state index contributed by atoms with van der Waals surface area (Å²) >= 11 is 0. The molecule has 11 heteroatoms. The molecule has 2 aromatic rings. The first kappa shape index (κ1) is 23.8. The third-order valence-electron chi connectivity index (χ3n) is 5.46. The number of carbonyl (C=O) groups is 1. The second-order valence-corrected chi connectivity index (χ2v) is 7.58. The number of hydrogen-bond donors (Lipinski definition) is 1. The predicted molar refractivity (Wildman–Crippen MR) is 105 cm³/mol. The minimum atomic E-state index is -4.44. The monoisotopic (exact) mass is 459 g/mol. The topological polar surface area (TPSA) is 75.5 Å². The fourth-order valence-electron chi connectivity index (χ4n) is 3.56. The maximum atomic E-state index is 13.6. The summed E-state index contributed by atoms with van der Waals surface area (Å²) in [6.07, 6.45) is -5.03. The molecule has 1 N–H and O–H groups in total. The van der Waals surface area contributed by atoms with Crippen LogP contribution in [0.4, 0.5) is 27.9 Å². The van der Waals surface area contributed by atoms with E-state index in [1.54, 1.807) is 4.90 Å². The van der Waals surface area contributed by atoms with Crippen molar-refractivity contribution >= 4 is 11.9 Å². The Morgan fingerprint density at radius 3 is 2.28 bits per heavy atom. The zero-order valence-electron chi connectivity index (χ0n) is 17.1. The third kappa shape index (κ3) is 5.70. The van der Waals surface area contributed by atoms with Crippen LogP contribution in [-0.4, -0.2) is 46.3 Å². The van der Waals surface area contributed by atoms with Crippen LogP contribution in [0, 0.1) is 0 Å². The predicted octanol–water partition coefficient (Wildman–Crippen LogP) is 4.97. The Kier molecular flexibility index (Phi) is 6.97. The summed E-state index contributed by atoms with van der Waals surface area (Å²) in [6.45, 7) is 1.25. The van der Waals surface area contributed by atoms with E-state index in [0.717, 1.165) is 24.5 Å². The van der Waals surface area contributed by atoms with Gasteiger partial charge in [0.05, 0.1) is 23.8 Å². The number of hydrogen-bond acceptors (Lipinski definition) is 5. The normalized spacial score (nSPS) is 19.8. The van der Waals surface area contributed by atoms with Crippen molar-refractivity contribution in [2.45, 2.75) is 50.4 Å². The molecule has 1 fully saturated rings. The van der Waals surface area contributed by atoms with Gasteiger partial charge in [-0.05, 0) is 30.5 Å². The van der Waals surface area contributed by atoms with Gasteiger partial charge in [-0.25, -0.2) is 14.8 Å². The average Bonchev–Trinajstić information content (AvgIpc) is 2.77. The summed E-state index contributed by atoms with van der Waals surface area (Å²) in [6, 6.07) is 4.32. The fraction of sp³-hybridized carbons (Fsp3) is 0.476. The molecule has 0 bridgehead atoms. The molecule has 0 amide bonds. The summed E-state index contributed by atoms with van der Waals surface area (Å²) in [5.41, 5.74) is -0.214. The van der Waals surface area contributed by atoms with Crippen LogP contribution in [0.25, 0.3) is 0 Å². The van der Waals surface area contributed by atoms with Gasteiger partial charge in [-0.2, -0.15) is 22.0 Å². The number of aromatic carboxylic acids is 1. The smallest absolute Gasteiger partial charge is 0.416 e. The molecule has 0 aliphatic carbocycles. The lowest BCUT2D eigenvalue weighted by molar-refractivity contribution is -0.242. The second-order valence-electron chi connectivity index (χ2n) is 7.58. The van der Waals surface area contributed by atoms with Crippen LogP contribution in [0.5, 0.6) is 0 Å². The summed E-state index contributed by atoms with van der Waals surface area (Å²) in [7, 11) is 0. The molecule has 2 heterocycles. The van der Waals surface area contributed by atoms with Crippen LogP contribution < -0.4 is 4.90 Å². The first-order valence-corrected chi connectivity index (χ1v) is 10.0. The van der Waals surface area contributed by atoms with Gasteiger partial charge in [0.15, 0.2) is 0 Å². The van der Waals surface area contributed by atoms with Gasteiger partial charge in [-0.15, -0.1) is 0 Å². The fourth-order valence-corrected chi connectivity index (χ4v) is 3.56. The van der Waals surface area contributed by atoms with Crippen molar-refractivity contribution in [2.24, 2.45) is 0 Å². The van der Waals surface area contributed by atoms with Crippen LogP contribution in [0.3, 0.4) is 0 Å². The molecule has 1 aliphatic heterocycles. The minimum absolute atomic E-state index is 0.129. The van der Waals surface area contributed by atoms with E-state index in [0.29, 0.717) is 18.4 Å². The van der Waals surface area contributed by atoms with E-state index in [-0.39, 0.29) is 30.6 Å². The van der Waals surface area contributed by atoms with E-state index < -0.39 is 36.3 Å². The number of carboxylic acid groups (broad SMARTS) is 1. The Morgan fingerprint density at radius 2 is 1.75 bits per heavy atom. The molecule has 1 saturated heterocycles. The van der Waals surface area contributed by atoms with Gasteiger partial charge in [0.2, 0.25) is 5.95 Å². The lowest BCUT2D eigenvalue weighted by Gasteiger charge is -2.40. The lowest BCUT2D eigenvalue weighted by atomic mass is 9.87. The molecule has 174 valence electrons. The van der Waals surface area contributed by atoms with Crippen LogP contribution in [0.2, 0.25) is 0 Å². The summed E-state index contributed by atoms with van der Waals surface area (Å²) in [4.78, 5) is 20.8. The van der Waals surface area contributed by atoms with Crippen molar-refractivity contribution in [3.63, 3.8) is 0 Å². The van der Waals surface area contributed by atoms with E-state index in [1.165, 1.54) is 19.1 Å². The largest absolute Gasteiger partial charge is 0.478 e. The Hall–Kier alpha value is -2.82. The molecule has 1 aromatic heterocycles. The quantitative estimate of drug-likeness (QED) is 0.590. The van der Waals surface area contributed by atoms with Crippen molar-refractivity contribution in [3.8, 4) is 0 Å². The van der Waals surface area contributed by atoms with Crippen LogP contribution in [0.1, 0.15) is 53.6 Å². The average molecular weight is 459 g/mol. The molecule has 6 nitrogen and oxygen atoms in total. The lowest BCUT2D eigenvalue weighted by Crippen LogP contribution is -2.47. The maximum Gasteiger partial charge on any atom is 0.416 e. The van der Waals surface area contributed by atoms with Gasteiger partial charge in [0, 0.05) is 31.3 Å². The highest BCUT2D eigenvalue weighted by Crippen LogP contribution is 2.35. The molecule has 0 radical (unpaired) electrons. The summed E-state index contributed by atoms with van der Waals surface area (Å²) in [5.74, 6) is -1.26. The second kappa shape index (κ2) is 9.35. The van der Waals surface area contributed by atoms with Gasteiger partial charge in [0.1, 0.15) is 0 Å². The number of anilines is 1. The molecule has 0 saturated carbocycles. The number of rotatable bonds is 7. The SMILES string of the molecule is CCC(F)(F)OC[C@H]1CC[C@@H](c2ccc(C(F)(F)F)cc2)CN1c1ncc(C(=O)O)cn1. The van der Waals surface area contributed by atoms with Crippen LogP contribution >= 0.6 is 0 Å². The van der Waals surface area contributed by atoms with Crippen molar-refractivity contribution < 1.29 is 36.6 Å². The molecular formula is C21H22F5N3O3. The molecule has 0 spiro atoms. The Balaban J connectivity index is 1.83. The van der Waals surface area contributed by atoms with Gasteiger partial charge in [-0.3, -0.25) is 0 Å². The minimum Gasteiger partial charge on any atom is -0.478 e. The van der Waals surface area contributed by atoms with Crippen molar-refractivity contribution in [3.05, 3.63) is 53.3 Å². The van der Waals surface area contributed by atoms with Gasteiger partial charge < -0.3 is 14.7 Å².